The standard InChI is InChI=1S/C21H23N3O/c1-21(15-22,18-12-13-18)24-19(25)14-23-20(16-8-4-2-5-9-16)17-10-6-3-7-11-17/h2-11,18,20,23H,12-14H2,1H3,(H,24,25)/t21-/m1/s1. The second-order valence-electron chi connectivity index (χ2n) is 6.77. The molecule has 2 N–H and O–H groups in total. The summed E-state index contributed by atoms with van der Waals surface area (Å²) in [5.41, 5.74) is 1.45. The second kappa shape index (κ2) is 7.50. The fraction of sp³-hybridized carbons (Fsp3) is 0.333. The van der Waals surface area contributed by atoms with E-state index in [1.807, 2.05) is 67.6 Å². The van der Waals surface area contributed by atoms with Crippen molar-refractivity contribution in [2.24, 2.45) is 5.92 Å². The summed E-state index contributed by atoms with van der Waals surface area (Å²) in [6, 6.07) is 22.3. The zero-order chi connectivity index (χ0) is 17.7. The van der Waals surface area contributed by atoms with Crippen LogP contribution in [-0.2, 0) is 4.79 Å². The predicted octanol–water partition coefficient (Wildman–Crippen LogP) is 3.17. The monoisotopic (exact) mass is 333 g/mol. The first-order valence-electron chi connectivity index (χ1n) is 8.68. The van der Waals surface area contributed by atoms with Crippen LogP contribution in [0.5, 0.6) is 0 Å². The second-order valence-corrected chi connectivity index (χ2v) is 6.77. The van der Waals surface area contributed by atoms with Crippen LogP contribution in [0.4, 0.5) is 0 Å². The molecule has 0 heterocycles. The molecule has 0 spiro atoms. The van der Waals surface area contributed by atoms with Crippen molar-refractivity contribution < 1.29 is 4.79 Å². The van der Waals surface area contributed by atoms with Crippen molar-refractivity contribution in [1.82, 2.24) is 10.6 Å². The number of amides is 1. The summed E-state index contributed by atoms with van der Waals surface area (Å²) in [4.78, 5) is 12.4. The van der Waals surface area contributed by atoms with Crippen LogP contribution < -0.4 is 10.6 Å². The number of nitrogens with one attached hydrogen (secondary N) is 2. The van der Waals surface area contributed by atoms with Gasteiger partial charge < -0.3 is 5.32 Å². The molecule has 1 saturated carbocycles. The van der Waals surface area contributed by atoms with E-state index >= 15 is 0 Å². The summed E-state index contributed by atoms with van der Waals surface area (Å²) in [6.45, 7) is 1.98. The Labute approximate surface area is 148 Å². The third kappa shape index (κ3) is 4.26. The summed E-state index contributed by atoms with van der Waals surface area (Å²) in [6.07, 6.45) is 2.02. The summed E-state index contributed by atoms with van der Waals surface area (Å²) in [5.74, 6) is 0.133. The lowest BCUT2D eigenvalue weighted by Gasteiger charge is -2.24. The number of hydrogen-bond acceptors (Lipinski definition) is 3. The van der Waals surface area contributed by atoms with Gasteiger partial charge in [-0.25, -0.2) is 0 Å². The van der Waals surface area contributed by atoms with E-state index in [1.54, 1.807) is 0 Å². The summed E-state index contributed by atoms with van der Waals surface area (Å²) in [7, 11) is 0. The first-order chi connectivity index (χ1) is 12.1. The number of hydrogen-bond donors (Lipinski definition) is 2. The van der Waals surface area contributed by atoms with Crippen LogP contribution in [-0.4, -0.2) is 18.0 Å². The van der Waals surface area contributed by atoms with Crippen LogP contribution in [0.25, 0.3) is 0 Å². The van der Waals surface area contributed by atoms with Crippen molar-refractivity contribution in [2.75, 3.05) is 6.54 Å². The molecular weight excluding hydrogens is 310 g/mol. The molecule has 4 heteroatoms. The molecule has 1 aliphatic rings. The molecule has 1 aliphatic carbocycles. The zero-order valence-corrected chi connectivity index (χ0v) is 14.4. The first kappa shape index (κ1) is 17.2. The largest absolute Gasteiger partial charge is 0.337 e. The van der Waals surface area contributed by atoms with Crippen LogP contribution in [0.2, 0.25) is 0 Å². The van der Waals surface area contributed by atoms with E-state index in [9.17, 15) is 10.1 Å². The number of rotatable bonds is 7. The Balaban J connectivity index is 1.69. The van der Waals surface area contributed by atoms with E-state index in [1.165, 1.54) is 0 Å². The molecule has 2 aromatic carbocycles. The molecule has 0 radical (unpaired) electrons. The van der Waals surface area contributed by atoms with Gasteiger partial charge in [0.15, 0.2) is 0 Å². The van der Waals surface area contributed by atoms with Crippen LogP contribution in [0.3, 0.4) is 0 Å². The number of carbonyl (C=O) groups excluding carboxylic acids is 1. The molecule has 1 atom stereocenters. The van der Waals surface area contributed by atoms with E-state index in [2.05, 4.69) is 16.7 Å². The lowest BCUT2D eigenvalue weighted by molar-refractivity contribution is -0.121. The van der Waals surface area contributed by atoms with E-state index in [0.29, 0.717) is 0 Å². The van der Waals surface area contributed by atoms with Crippen LogP contribution in [0.15, 0.2) is 60.7 Å². The minimum atomic E-state index is -0.756. The predicted molar refractivity (Wildman–Crippen MR) is 97.6 cm³/mol. The number of nitrogens with zero attached hydrogens (tertiary/aromatic N) is 1. The molecule has 0 aromatic heterocycles. The maximum absolute atomic E-state index is 12.4. The molecule has 3 rings (SSSR count). The van der Waals surface area contributed by atoms with E-state index in [0.717, 1.165) is 24.0 Å². The molecule has 1 amide bonds. The van der Waals surface area contributed by atoms with Gasteiger partial charge in [0.05, 0.1) is 18.7 Å². The van der Waals surface area contributed by atoms with E-state index < -0.39 is 5.54 Å². The molecule has 0 aliphatic heterocycles. The van der Waals surface area contributed by atoms with Gasteiger partial charge in [0.2, 0.25) is 5.91 Å². The smallest absolute Gasteiger partial charge is 0.235 e. The SMILES string of the molecule is C[C@](C#N)(NC(=O)CNC(c1ccccc1)c1ccccc1)C1CC1. The van der Waals surface area contributed by atoms with Crippen LogP contribution in [0.1, 0.15) is 36.9 Å². The number of benzene rings is 2. The quantitative estimate of drug-likeness (QED) is 0.818. The molecule has 1 fully saturated rings. The highest BCUT2D eigenvalue weighted by Gasteiger charge is 2.42. The Morgan fingerprint density at radius 3 is 2.08 bits per heavy atom. The van der Waals surface area contributed by atoms with Gasteiger partial charge in [0, 0.05) is 0 Å². The van der Waals surface area contributed by atoms with Gasteiger partial charge in [-0.15, -0.1) is 0 Å². The Morgan fingerprint density at radius 1 is 1.12 bits per heavy atom. The topological polar surface area (TPSA) is 64.9 Å². The molecule has 128 valence electrons. The maximum atomic E-state index is 12.4. The van der Waals surface area contributed by atoms with Crippen molar-refractivity contribution >= 4 is 5.91 Å². The summed E-state index contributed by atoms with van der Waals surface area (Å²) in [5, 5.41) is 15.6. The molecule has 2 aromatic rings. The Bertz CT molecular complexity index is 710. The van der Waals surface area contributed by atoms with Crippen LogP contribution in [0, 0.1) is 17.2 Å². The lowest BCUT2D eigenvalue weighted by Crippen LogP contribution is -2.49. The van der Waals surface area contributed by atoms with Gasteiger partial charge in [0.1, 0.15) is 5.54 Å². The number of nitriles is 1. The molecule has 25 heavy (non-hydrogen) atoms. The lowest BCUT2D eigenvalue weighted by atomic mass is 9.97. The van der Waals surface area contributed by atoms with Gasteiger partial charge >= 0.3 is 0 Å². The van der Waals surface area contributed by atoms with Gasteiger partial charge in [-0.3, -0.25) is 10.1 Å². The first-order valence-corrected chi connectivity index (χ1v) is 8.68. The van der Waals surface area contributed by atoms with Crippen molar-refractivity contribution in [2.45, 2.75) is 31.3 Å². The highest BCUT2D eigenvalue weighted by Crippen LogP contribution is 2.39. The zero-order valence-electron chi connectivity index (χ0n) is 14.4. The maximum Gasteiger partial charge on any atom is 0.235 e. The van der Waals surface area contributed by atoms with Gasteiger partial charge in [-0.2, -0.15) is 5.26 Å². The molecular formula is C21H23N3O. The Hall–Kier alpha value is -2.64. The molecule has 0 unspecified atom stereocenters. The van der Waals surface area contributed by atoms with E-state index in [4.69, 9.17) is 0 Å². The number of carbonyl (C=O) groups is 1. The minimum Gasteiger partial charge on any atom is -0.337 e. The fourth-order valence-corrected chi connectivity index (χ4v) is 3.13. The van der Waals surface area contributed by atoms with E-state index in [-0.39, 0.29) is 24.4 Å². The normalized spacial score (nSPS) is 16.0. The highest BCUT2D eigenvalue weighted by molar-refractivity contribution is 5.79. The highest BCUT2D eigenvalue weighted by atomic mass is 16.2. The average molecular weight is 333 g/mol. The summed E-state index contributed by atoms with van der Waals surface area (Å²) >= 11 is 0. The average Bonchev–Trinajstić information content (AvgIpc) is 3.49. The van der Waals surface area contributed by atoms with Crippen molar-refractivity contribution in [1.29, 1.82) is 5.26 Å². The fourth-order valence-electron chi connectivity index (χ4n) is 3.13. The summed E-state index contributed by atoms with van der Waals surface area (Å²) < 4.78 is 0. The van der Waals surface area contributed by atoms with Crippen molar-refractivity contribution in [3.8, 4) is 6.07 Å². The van der Waals surface area contributed by atoms with Crippen LogP contribution >= 0.6 is 0 Å². The minimum absolute atomic E-state index is 0.0672. The van der Waals surface area contributed by atoms with Gasteiger partial charge in [-0.1, -0.05) is 60.7 Å². The van der Waals surface area contributed by atoms with Gasteiger partial charge in [0.25, 0.3) is 0 Å². The third-order valence-electron chi connectivity index (χ3n) is 4.76. The molecule has 4 nitrogen and oxygen atoms in total. The third-order valence-corrected chi connectivity index (χ3v) is 4.76. The molecule has 0 bridgehead atoms. The van der Waals surface area contributed by atoms with Crippen molar-refractivity contribution in [3.63, 3.8) is 0 Å². The van der Waals surface area contributed by atoms with Gasteiger partial charge in [-0.05, 0) is 36.8 Å². The Kier molecular flexibility index (Phi) is 5.16. The van der Waals surface area contributed by atoms with Crippen molar-refractivity contribution in [3.05, 3.63) is 71.8 Å². The molecule has 0 saturated heterocycles. The Morgan fingerprint density at radius 2 is 1.64 bits per heavy atom.